The Balaban J connectivity index is 2.07. The van der Waals surface area contributed by atoms with Crippen molar-refractivity contribution >= 4 is 11.6 Å². The Morgan fingerprint density at radius 2 is 1.67 bits per heavy atom. The highest BCUT2D eigenvalue weighted by atomic mass is 35.5. The fourth-order valence-corrected chi connectivity index (χ4v) is 2.73. The molecule has 0 heterocycles. The summed E-state index contributed by atoms with van der Waals surface area (Å²) in [5, 5.41) is 4.24. The normalized spacial score (nSPS) is 10.8. The van der Waals surface area contributed by atoms with E-state index >= 15 is 0 Å². The smallest absolute Gasteiger partial charge is 0.124 e. The third kappa shape index (κ3) is 7.73. The van der Waals surface area contributed by atoms with Crippen LogP contribution in [0.3, 0.4) is 0 Å². The van der Waals surface area contributed by atoms with Gasteiger partial charge in [0, 0.05) is 17.1 Å². The second-order valence-electron chi connectivity index (χ2n) is 5.57. The molecule has 0 atom stereocenters. The van der Waals surface area contributed by atoms with Crippen LogP contribution in [0.4, 0.5) is 0 Å². The van der Waals surface area contributed by atoms with Gasteiger partial charge in [-0.15, -0.1) is 0 Å². The Hall–Kier alpha value is -0.730. The molecular weight excluding hydrogens is 282 g/mol. The van der Waals surface area contributed by atoms with E-state index in [-0.39, 0.29) is 0 Å². The van der Waals surface area contributed by atoms with Gasteiger partial charge < -0.3 is 10.1 Å². The minimum absolute atomic E-state index is 0.776. The number of benzene rings is 1. The minimum atomic E-state index is 0.776. The van der Waals surface area contributed by atoms with Gasteiger partial charge in [0.05, 0.1) is 7.11 Å². The highest BCUT2D eigenvalue weighted by Gasteiger charge is 2.06. The summed E-state index contributed by atoms with van der Waals surface area (Å²) in [6, 6.07) is 5.79. The quantitative estimate of drug-likeness (QED) is 0.509. The average molecular weight is 312 g/mol. The van der Waals surface area contributed by atoms with Crippen molar-refractivity contribution in [3.05, 3.63) is 28.8 Å². The van der Waals surface area contributed by atoms with Gasteiger partial charge in [0.2, 0.25) is 0 Å². The van der Waals surface area contributed by atoms with Crippen LogP contribution in [0.15, 0.2) is 18.2 Å². The van der Waals surface area contributed by atoms with Crippen molar-refractivity contribution < 1.29 is 4.74 Å². The summed E-state index contributed by atoms with van der Waals surface area (Å²) in [7, 11) is 1.69. The molecule has 2 nitrogen and oxygen atoms in total. The van der Waals surface area contributed by atoms with Crippen LogP contribution in [0.5, 0.6) is 5.75 Å². The zero-order valence-corrected chi connectivity index (χ0v) is 14.3. The summed E-state index contributed by atoms with van der Waals surface area (Å²) in [4.78, 5) is 0. The Bertz CT molecular complexity index is 381. The number of ether oxygens (including phenoxy) is 1. The van der Waals surface area contributed by atoms with Crippen LogP contribution in [-0.4, -0.2) is 13.7 Å². The molecule has 0 aliphatic heterocycles. The maximum atomic E-state index is 6.21. The molecule has 0 aromatic heterocycles. The predicted octanol–water partition coefficient (Wildman–Crippen LogP) is 5.58. The van der Waals surface area contributed by atoms with Gasteiger partial charge in [0.15, 0.2) is 0 Å². The van der Waals surface area contributed by atoms with E-state index in [9.17, 15) is 0 Å². The molecule has 0 bridgehead atoms. The third-order valence-electron chi connectivity index (χ3n) is 3.80. The van der Waals surface area contributed by atoms with Crippen LogP contribution in [0.2, 0.25) is 5.02 Å². The SMILES string of the molecule is CCCCCCCCCCNCc1c(Cl)cccc1OC. The van der Waals surface area contributed by atoms with Gasteiger partial charge in [-0.25, -0.2) is 0 Å². The van der Waals surface area contributed by atoms with Gasteiger partial charge >= 0.3 is 0 Å². The number of hydrogen-bond acceptors (Lipinski definition) is 2. The third-order valence-corrected chi connectivity index (χ3v) is 4.16. The molecular formula is C18H30ClNO. The molecule has 0 saturated heterocycles. The van der Waals surface area contributed by atoms with Crippen molar-refractivity contribution in [3.63, 3.8) is 0 Å². The standard InChI is InChI=1S/C18H30ClNO/c1-3-4-5-6-7-8-9-10-14-20-15-16-17(19)12-11-13-18(16)21-2/h11-13,20H,3-10,14-15H2,1-2H3. The summed E-state index contributed by atoms with van der Waals surface area (Å²) in [6.07, 6.45) is 10.8. The van der Waals surface area contributed by atoms with Crippen molar-refractivity contribution in [3.8, 4) is 5.75 Å². The molecule has 0 radical (unpaired) electrons. The van der Waals surface area contributed by atoms with E-state index in [1.54, 1.807) is 7.11 Å². The summed E-state index contributed by atoms with van der Waals surface area (Å²) < 4.78 is 5.34. The molecule has 0 unspecified atom stereocenters. The molecule has 0 fully saturated rings. The zero-order chi connectivity index (χ0) is 15.3. The van der Waals surface area contributed by atoms with E-state index in [0.29, 0.717) is 0 Å². The maximum Gasteiger partial charge on any atom is 0.124 e. The average Bonchev–Trinajstić information content (AvgIpc) is 2.50. The second-order valence-corrected chi connectivity index (χ2v) is 5.98. The molecule has 0 saturated carbocycles. The number of rotatable bonds is 12. The highest BCUT2D eigenvalue weighted by Crippen LogP contribution is 2.25. The Morgan fingerprint density at radius 3 is 2.33 bits per heavy atom. The molecule has 21 heavy (non-hydrogen) atoms. The summed E-state index contributed by atoms with van der Waals surface area (Å²) in [5.41, 5.74) is 1.06. The first-order valence-electron chi connectivity index (χ1n) is 8.31. The van der Waals surface area contributed by atoms with E-state index < -0.39 is 0 Å². The lowest BCUT2D eigenvalue weighted by Gasteiger charge is -2.11. The van der Waals surface area contributed by atoms with Crippen LogP contribution >= 0.6 is 11.6 Å². The first kappa shape index (κ1) is 18.3. The molecule has 120 valence electrons. The first-order valence-corrected chi connectivity index (χ1v) is 8.69. The Morgan fingerprint density at radius 1 is 1.00 bits per heavy atom. The number of methoxy groups -OCH3 is 1. The molecule has 3 heteroatoms. The van der Waals surface area contributed by atoms with Gasteiger partial charge in [0.1, 0.15) is 5.75 Å². The van der Waals surface area contributed by atoms with E-state index in [1.807, 2.05) is 18.2 Å². The van der Waals surface area contributed by atoms with Gasteiger partial charge in [-0.05, 0) is 25.1 Å². The van der Waals surface area contributed by atoms with Crippen LogP contribution in [-0.2, 0) is 6.54 Å². The number of unbranched alkanes of at least 4 members (excludes halogenated alkanes) is 7. The van der Waals surface area contributed by atoms with Crippen LogP contribution in [0, 0.1) is 0 Å². The molecule has 0 aliphatic carbocycles. The van der Waals surface area contributed by atoms with Gasteiger partial charge in [-0.2, -0.15) is 0 Å². The molecule has 1 N–H and O–H groups in total. The maximum absolute atomic E-state index is 6.21. The van der Waals surface area contributed by atoms with Gasteiger partial charge in [-0.1, -0.05) is 69.5 Å². The minimum Gasteiger partial charge on any atom is -0.496 e. The van der Waals surface area contributed by atoms with Crippen molar-refractivity contribution in [2.45, 2.75) is 64.8 Å². The first-order chi connectivity index (χ1) is 10.3. The summed E-state index contributed by atoms with van der Waals surface area (Å²) in [6.45, 7) is 4.09. The lowest BCUT2D eigenvalue weighted by atomic mass is 10.1. The number of halogens is 1. The van der Waals surface area contributed by atoms with E-state index in [1.165, 1.54) is 51.4 Å². The second kappa shape index (κ2) is 11.9. The lowest BCUT2D eigenvalue weighted by molar-refractivity contribution is 0.407. The monoisotopic (exact) mass is 311 g/mol. The van der Waals surface area contributed by atoms with Crippen molar-refractivity contribution in [1.29, 1.82) is 0 Å². The predicted molar refractivity (Wildman–Crippen MR) is 92.3 cm³/mol. The van der Waals surface area contributed by atoms with Crippen molar-refractivity contribution in [2.75, 3.05) is 13.7 Å². The van der Waals surface area contributed by atoms with E-state index in [0.717, 1.165) is 29.4 Å². The fraction of sp³-hybridized carbons (Fsp3) is 0.667. The highest BCUT2D eigenvalue weighted by molar-refractivity contribution is 6.31. The van der Waals surface area contributed by atoms with Crippen LogP contribution in [0.25, 0.3) is 0 Å². The van der Waals surface area contributed by atoms with Gasteiger partial charge in [-0.3, -0.25) is 0 Å². The largest absolute Gasteiger partial charge is 0.496 e. The fourth-order valence-electron chi connectivity index (χ4n) is 2.50. The summed E-state index contributed by atoms with van der Waals surface area (Å²) in [5.74, 6) is 0.867. The van der Waals surface area contributed by atoms with Crippen LogP contribution < -0.4 is 10.1 Å². The molecule has 0 amide bonds. The summed E-state index contributed by atoms with van der Waals surface area (Å²) >= 11 is 6.21. The van der Waals surface area contributed by atoms with E-state index in [4.69, 9.17) is 16.3 Å². The zero-order valence-electron chi connectivity index (χ0n) is 13.6. The number of hydrogen-bond donors (Lipinski definition) is 1. The molecule has 0 spiro atoms. The van der Waals surface area contributed by atoms with Gasteiger partial charge in [0.25, 0.3) is 0 Å². The molecule has 1 rings (SSSR count). The van der Waals surface area contributed by atoms with Crippen molar-refractivity contribution in [2.24, 2.45) is 0 Å². The molecule has 1 aromatic carbocycles. The van der Waals surface area contributed by atoms with Crippen molar-refractivity contribution in [1.82, 2.24) is 5.32 Å². The topological polar surface area (TPSA) is 21.3 Å². The lowest BCUT2D eigenvalue weighted by Crippen LogP contribution is -2.15. The Kier molecular flexibility index (Phi) is 10.4. The Labute approximate surface area is 135 Å². The molecule has 1 aromatic rings. The number of nitrogens with one attached hydrogen (secondary N) is 1. The van der Waals surface area contributed by atoms with E-state index in [2.05, 4.69) is 12.2 Å². The van der Waals surface area contributed by atoms with Crippen LogP contribution in [0.1, 0.15) is 63.9 Å². The molecule has 0 aliphatic rings.